The van der Waals surface area contributed by atoms with Crippen LogP contribution in [0.1, 0.15) is 19.8 Å². The Hall–Kier alpha value is -2.41. The van der Waals surface area contributed by atoms with E-state index in [-0.39, 0.29) is 6.54 Å². The van der Waals surface area contributed by atoms with E-state index in [0.29, 0.717) is 5.69 Å². The Labute approximate surface area is 121 Å². The third-order valence-corrected chi connectivity index (χ3v) is 2.97. The van der Waals surface area contributed by atoms with Crippen molar-refractivity contribution in [3.8, 4) is 0 Å². The molecule has 0 heterocycles. The molecule has 0 aliphatic heterocycles. The molecule has 0 saturated carbocycles. The van der Waals surface area contributed by atoms with E-state index in [1.807, 2.05) is 0 Å². The van der Waals surface area contributed by atoms with E-state index in [9.17, 15) is 19.5 Å². The van der Waals surface area contributed by atoms with Gasteiger partial charge in [0, 0.05) is 12.2 Å². The fourth-order valence-electron chi connectivity index (χ4n) is 1.92. The molecule has 3 N–H and O–H groups in total. The average molecular weight is 295 g/mol. The normalized spacial score (nSPS) is 13.2. The summed E-state index contributed by atoms with van der Waals surface area (Å²) in [5.41, 5.74) is -2.07. The average Bonchev–Trinajstić information content (AvgIpc) is 2.39. The first-order valence-electron chi connectivity index (χ1n) is 6.33. The maximum absolute atomic E-state index is 12.2. The van der Waals surface area contributed by atoms with E-state index < -0.39 is 36.3 Å². The van der Waals surface area contributed by atoms with Crippen molar-refractivity contribution in [3.05, 3.63) is 30.3 Å². The summed E-state index contributed by atoms with van der Waals surface area (Å²) in [4.78, 5) is 35.2. The van der Waals surface area contributed by atoms with Crippen LogP contribution >= 0.6 is 0 Å². The predicted octanol–water partition coefficient (Wildman–Crippen LogP) is 0.720. The molecule has 21 heavy (non-hydrogen) atoms. The van der Waals surface area contributed by atoms with Crippen LogP contribution in [0.4, 0.5) is 5.69 Å². The van der Waals surface area contributed by atoms with E-state index in [4.69, 9.17) is 10.2 Å². The first-order chi connectivity index (χ1) is 9.80. The third kappa shape index (κ3) is 4.28. The van der Waals surface area contributed by atoms with Gasteiger partial charge in [0.15, 0.2) is 5.60 Å². The number of hydrogen-bond donors (Lipinski definition) is 3. The van der Waals surface area contributed by atoms with E-state index in [2.05, 4.69) is 0 Å². The van der Waals surface area contributed by atoms with Gasteiger partial charge in [-0.1, -0.05) is 18.2 Å². The molecule has 0 spiro atoms. The molecule has 1 aromatic rings. The number of rotatable bonds is 7. The largest absolute Gasteiger partial charge is 0.481 e. The Balaban J connectivity index is 2.95. The lowest BCUT2D eigenvalue weighted by Crippen LogP contribution is -2.46. The van der Waals surface area contributed by atoms with Gasteiger partial charge in [-0.3, -0.25) is 9.59 Å². The molecule has 0 aliphatic carbocycles. The molecule has 1 rings (SSSR count). The number of para-hydroxylation sites is 1. The lowest BCUT2D eigenvalue weighted by Gasteiger charge is -2.26. The highest BCUT2D eigenvalue weighted by Crippen LogP contribution is 2.21. The number of hydrogen-bond acceptors (Lipinski definition) is 4. The number of aliphatic carboxylic acids is 2. The van der Waals surface area contributed by atoms with Crippen LogP contribution in [0.5, 0.6) is 0 Å². The van der Waals surface area contributed by atoms with Gasteiger partial charge in [-0.25, -0.2) is 4.79 Å². The van der Waals surface area contributed by atoms with Crippen LogP contribution in [0.15, 0.2) is 30.3 Å². The topological polar surface area (TPSA) is 115 Å². The lowest BCUT2D eigenvalue weighted by atomic mass is 9.95. The number of aliphatic hydroxyl groups is 1. The zero-order valence-corrected chi connectivity index (χ0v) is 11.5. The molecule has 1 atom stereocenters. The summed E-state index contributed by atoms with van der Waals surface area (Å²) in [6.07, 6.45) is -1.85. The van der Waals surface area contributed by atoms with Gasteiger partial charge in [0.05, 0.1) is 12.8 Å². The monoisotopic (exact) mass is 295 g/mol. The van der Waals surface area contributed by atoms with Crippen molar-refractivity contribution in [3.63, 3.8) is 0 Å². The maximum atomic E-state index is 12.2. The smallest absolute Gasteiger partial charge is 0.336 e. The predicted molar refractivity (Wildman–Crippen MR) is 73.9 cm³/mol. The van der Waals surface area contributed by atoms with E-state index in [1.165, 1.54) is 4.90 Å². The third-order valence-electron chi connectivity index (χ3n) is 2.97. The molecule has 0 radical (unpaired) electrons. The minimum atomic E-state index is -2.62. The molecule has 0 aliphatic rings. The standard InChI is InChI=1S/C14H17NO6/c1-2-15(10-6-4-3-5-7-10)11(16)8-14(21,13(19)20)9-12(17)18/h3-7,21H,2,8-9H2,1H3,(H,17,18)(H,19,20). The Bertz CT molecular complexity index is 530. The lowest BCUT2D eigenvalue weighted by molar-refractivity contribution is -0.167. The van der Waals surface area contributed by atoms with Crippen LogP contribution in [0.2, 0.25) is 0 Å². The van der Waals surface area contributed by atoms with Crippen molar-refractivity contribution in [2.24, 2.45) is 0 Å². The number of nitrogens with zero attached hydrogens (tertiary/aromatic N) is 1. The molecule has 0 saturated heterocycles. The van der Waals surface area contributed by atoms with Crippen molar-refractivity contribution in [2.75, 3.05) is 11.4 Å². The zero-order chi connectivity index (χ0) is 16.0. The molecule has 7 heteroatoms. The van der Waals surface area contributed by atoms with Crippen molar-refractivity contribution in [2.45, 2.75) is 25.4 Å². The first-order valence-corrected chi connectivity index (χ1v) is 6.33. The molecule has 1 aromatic carbocycles. The van der Waals surface area contributed by atoms with Gasteiger partial charge in [0.1, 0.15) is 0 Å². The number of anilines is 1. The second-order valence-electron chi connectivity index (χ2n) is 4.56. The van der Waals surface area contributed by atoms with Crippen LogP contribution in [0.25, 0.3) is 0 Å². The summed E-state index contributed by atoms with van der Waals surface area (Å²) < 4.78 is 0. The van der Waals surface area contributed by atoms with Gasteiger partial charge in [-0.05, 0) is 19.1 Å². The highest BCUT2D eigenvalue weighted by Gasteiger charge is 2.41. The van der Waals surface area contributed by atoms with Gasteiger partial charge >= 0.3 is 11.9 Å². The molecule has 1 amide bonds. The molecule has 0 aromatic heterocycles. The van der Waals surface area contributed by atoms with Crippen LogP contribution in [0.3, 0.4) is 0 Å². The fraction of sp³-hybridized carbons (Fsp3) is 0.357. The first kappa shape index (κ1) is 16.6. The Morgan fingerprint density at radius 3 is 2.10 bits per heavy atom. The van der Waals surface area contributed by atoms with Gasteiger partial charge in [0.2, 0.25) is 5.91 Å². The summed E-state index contributed by atoms with van der Waals surface area (Å²) in [6.45, 7) is 1.97. The van der Waals surface area contributed by atoms with Crippen LogP contribution in [0, 0.1) is 0 Å². The van der Waals surface area contributed by atoms with Crippen molar-refractivity contribution >= 4 is 23.5 Å². The second-order valence-corrected chi connectivity index (χ2v) is 4.56. The fourth-order valence-corrected chi connectivity index (χ4v) is 1.92. The van der Waals surface area contributed by atoms with Crippen LogP contribution < -0.4 is 4.90 Å². The summed E-state index contributed by atoms with van der Waals surface area (Å²) in [6, 6.07) is 8.52. The quantitative estimate of drug-likeness (QED) is 0.682. The van der Waals surface area contributed by atoms with E-state index >= 15 is 0 Å². The number of benzene rings is 1. The number of amides is 1. The van der Waals surface area contributed by atoms with Gasteiger partial charge < -0.3 is 20.2 Å². The summed E-state index contributed by atoms with van der Waals surface area (Å²) in [5.74, 6) is -3.88. The summed E-state index contributed by atoms with van der Waals surface area (Å²) in [5, 5.41) is 27.5. The van der Waals surface area contributed by atoms with E-state index in [1.54, 1.807) is 37.3 Å². The molecular formula is C14H17NO6. The minimum Gasteiger partial charge on any atom is -0.481 e. The molecule has 7 nitrogen and oxygen atoms in total. The SMILES string of the molecule is CCN(C(=O)CC(O)(CC(=O)O)C(=O)O)c1ccccc1. The van der Waals surface area contributed by atoms with Crippen molar-refractivity contribution in [1.82, 2.24) is 0 Å². The molecule has 114 valence electrons. The van der Waals surface area contributed by atoms with Gasteiger partial charge in [-0.2, -0.15) is 0 Å². The highest BCUT2D eigenvalue weighted by atomic mass is 16.4. The summed E-state index contributed by atoms with van der Waals surface area (Å²) in [7, 11) is 0. The van der Waals surface area contributed by atoms with Crippen LogP contribution in [-0.4, -0.2) is 45.3 Å². The number of carboxylic acid groups (broad SMARTS) is 2. The molecule has 1 unspecified atom stereocenters. The van der Waals surface area contributed by atoms with Gasteiger partial charge in [0.25, 0.3) is 0 Å². The molecular weight excluding hydrogens is 278 g/mol. The highest BCUT2D eigenvalue weighted by molar-refractivity contribution is 5.98. The molecule has 0 bridgehead atoms. The number of carbonyl (C=O) groups is 3. The van der Waals surface area contributed by atoms with Gasteiger partial charge in [-0.15, -0.1) is 0 Å². The van der Waals surface area contributed by atoms with E-state index in [0.717, 1.165) is 0 Å². The Kier molecular flexibility index (Phi) is 5.43. The zero-order valence-electron chi connectivity index (χ0n) is 11.5. The Morgan fingerprint density at radius 2 is 1.67 bits per heavy atom. The number of carboxylic acids is 2. The molecule has 0 fully saturated rings. The van der Waals surface area contributed by atoms with Crippen molar-refractivity contribution < 1.29 is 29.7 Å². The Morgan fingerprint density at radius 1 is 1.10 bits per heavy atom. The second kappa shape index (κ2) is 6.85. The van der Waals surface area contributed by atoms with Crippen LogP contribution in [-0.2, 0) is 14.4 Å². The van der Waals surface area contributed by atoms with Crippen molar-refractivity contribution in [1.29, 1.82) is 0 Å². The number of carbonyl (C=O) groups excluding carboxylic acids is 1. The summed E-state index contributed by atoms with van der Waals surface area (Å²) >= 11 is 0. The maximum Gasteiger partial charge on any atom is 0.336 e. The minimum absolute atomic E-state index is 0.269.